The zero-order chi connectivity index (χ0) is 14.9. The molecule has 2 aromatic rings. The van der Waals surface area contributed by atoms with Crippen LogP contribution in [0.1, 0.15) is 16.1 Å². The molecule has 7 heteroatoms. The number of alkyl halides is 3. The Morgan fingerprint density at radius 2 is 1.90 bits per heavy atom. The molecule has 3 nitrogen and oxygen atoms in total. The van der Waals surface area contributed by atoms with Gasteiger partial charge in [-0.05, 0) is 19.1 Å². The highest BCUT2D eigenvalue weighted by Crippen LogP contribution is 2.33. The first kappa shape index (κ1) is 14.5. The molecule has 1 heterocycles. The van der Waals surface area contributed by atoms with E-state index >= 15 is 0 Å². The molecule has 0 aliphatic carbocycles. The van der Waals surface area contributed by atoms with Crippen LogP contribution in [0.25, 0.3) is 10.6 Å². The lowest BCUT2D eigenvalue weighted by Gasteiger charge is -2.06. The highest BCUT2D eigenvalue weighted by atomic mass is 32.1. The van der Waals surface area contributed by atoms with Crippen molar-refractivity contribution in [3.63, 3.8) is 0 Å². The molecule has 0 bridgehead atoms. The normalized spacial score (nSPS) is 11.6. The van der Waals surface area contributed by atoms with Crippen molar-refractivity contribution in [2.75, 3.05) is 0 Å². The van der Waals surface area contributed by atoms with Gasteiger partial charge in [-0.2, -0.15) is 13.2 Å². The topological polar surface area (TPSA) is 50.2 Å². The molecular weight excluding hydrogens is 291 g/mol. The van der Waals surface area contributed by atoms with Crippen LogP contribution in [0.5, 0.6) is 0 Å². The molecule has 106 valence electrons. The summed E-state index contributed by atoms with van der Waals surface area (Å²) < 4.78 is 37.4. The summed E-state index contributed by atoms with van der Waals surface area (Å²) in [5, 5.41) is 9.27. The highest BCUT2D eigenvalue weighted by Gasteiger charge is 2.30. The fraction of sp³-hybridized carbons (Fsp3) is 0.231. The molecule has 0 atom stereocenters. The number of halogens is 3. The van der Waals surface area contributed by atoms with Crippen LogP contribution in [0.15, 0.2) is 24.3 Å². The van der Waals surface area contributed by atoms with Crippen LogP contribution in [0.4, 0.5) is 13.2 Å². The average molecular weight is 301 g/mol. The van der Waals surface area contributed by atoms with E-state index in [4.69, 9.17) is 5.11 Å². The summed E-state index contributed by atoms with van der Waals surface area (Å²) in [4.78, 5) is 15.5. The predicted molar refractivity (Wildman–Crippen MR) is 68.6 cm³/mol. The molecule has 0 fully saturated rings. The van der Waals surface area contributed by atoms with Crippen LogP contribution in [0.3, 0.4) is 0 Å². The van der Waals surface area contributed by atoms with E-state index in [1.54, 1.807) is 6.92 Å². The van der Waals surface area contributed by atoms with E-state index in [0.717, 1.165) is 12.1 Å². The monoisotopic (exact) mass is 301 g/mol. The maximum Gasteiger partial charge on any atom is 0.416 e. The number of hydrogen-bond acceptors (Lipinski definition) is 3. The Morgan fingerprint density at radius 1 is 1.30 bits per heavy atom. The number of hydrogen-bond donors (Lipinski definition) is 1. The zero-order valence-corrected chi connectivity index (χ0v) is 11.2. The number of aromatic nitrogens is 1. The number of aryl methyl sites for hydroxylation is 1. The maximum absolute atomic E-state index is 12.5. The number of carbonyl (C=O) groups is 1. The standard InChI is InChI=1S/C13H10F3NO2S/c1-7-10(6-11(18)19)20-12(17-7)8-2-4-9(5-3-8)13(14,15)16/h2-5H,6H2,1H3,(H,18,19). The molecule has 2 rings (SSSR count). The lowest BCUT2D eigenvalue weighted by atomic mass is 10.1. The van der Waals surface area contributed by atoms with E-state index in [0.29, 0.717) is 21.1 Å². The quantitative estimate of drug-likeness (QED) is 0.939. The molecule has 0 unspecified atom stereocenters. The van der Waals surface area contributed by atoms with Gasteiger partial charge in [0.2, 0.25) is 0 Å². The molecular formula is C13H10F3NO2S. The predicted octanol–water partition coefficient (Wildman–Crippen LogP) is 3.76. The van der Waals surface area contributed by atoms with Gasteiger partial charge in [0.05, 0.1) is 17.7 Å². The number of thiazole rings is 1. The lowest BCUT2D eigenvalue weighted by molar-refractivity contribution is -0.138. The Labute approximate surface area is 116 Å². The molecule has 0 amide bonds. The van der Waals surface area contributed by atoms with Crippen molar-refractivity contribution in [3.8, 4) is 10.6 Å². The minimum atomic E-state index is -4.37. The number of carboxylic acids is 1. The lowest BCUT2D eigenvalue weighted by Crippen LogP contribution is -2.03. The number of benzene rings is 1. The van der Waals surface area contributed by atoms with Gasteiger partial charge in [0.15, 0.2) is 0 Å². The molecule has 0 spiro atoms. The van der Waals surface area contributed by atoms with Gasteiger partial charge in [-0.15, -0.1) is 11.3 Å². The second kappa shape index (κ2) is 5.24. The van der Waals surface area contributed by atoms with Crippen molar-refractivity contribution in [1.29, 1.82) is 0 Å². The first-order valence-electron chi connectivity index (χ1n) is 5.63. The molecule has 20 heavy (non-hydrogen) atoms. The number of nitrogens with zero attached hydrogens (tertiary/aromatic N) is 1. The molecule has 0 radical (unpaired) electrons. The van der Waals surface area contributed by atoms with Crippen LogP contribution in [-0.2, 0) is 17.4 Å². The van der Waals surface area contributed by atoms with E-state index in [1.807, 2.05) is 0 Å². The molecule has 1 N–H and O–H groups in total. The van der Waals surface area contributed by atoms with Crippen LogP contribution in [0, 0.1) is 6.92 Å². The first-order chi connectivity index (χ1) is 9.27. The summed E-state index contributed by atoms with van der Waals surface area (Å²) in [6.07, 6.45) is -4.50. The Morgan fingerprint density at radius 3 is 2.40 bits per heavy atom. The fourth-order valence-electron chi connectivity index (χ4n) is 1.65. The Hall–Kier alpha value is -1.89. The van der Waals surface area contributed by atoms with Crippen molar-refractivity contribution >= 4 is 17.3 Å². The summed E-state index contributed by atoms with van der Waals surface area (Å²) in [5.41, 5.74) is 0.412. The van der Waals surface area contributed by atoms with Gasteiger partial charge < -0.3 is 5.11 Å². The molecule has 1 aromatic heterocycles. The third kappa shape index (κ3) is 3.16. The van der Waals surface area contributed by atoms with Crippen molar-refractivity contribution in [1.82, 2.24) is 4.98 Å². The highest BCUT2D eigenvalue weighted by molar-refractivity contribution is 7.15. The van der Waals surface area contributed by atoms with Gasteiger partial charge in [0.1, 0.15) is 5.01 Å². The van der Waals surface area contributed by atoms with E-state index < -0.39 is 17.7 Å². The van der Waals surface area contributed by atoms with Crippen LogP contribution >= 0.6 is 11.3 Å². The summed E-state index contributed by atoms with van der Waals surface area (Å²) >= 11 is 1.18. The van der Waals surface area contributed by atoms with Crippen LogP contribution in [-0.4, -0.2) is 16.1 Å². The molecule has 0 aliphatic rings. The van der Waals surface area contributed by atoms with E-state index in [1.165, 1.54) is 23.5 Å². The molecule has 1 aromatic carbocycles. The van der Waals surface area contributed by atoms with Crippen LogP contribution < -0.4 is 0 Å². The van der Waals surface area contributed by atoms with Gasteiger partial charge >= 0.3 is 12.1 Å². The minimum absolute atomic E-state index is 0.135. The average Bonchev–Trinajstić information content (AvgIpc) is 2.69. The maximum atomic E-state index is 12.5. The van der Waals surface area contributed by atoms with Gasteiger partial charge in [0, 0.05) is 10.4 Å². The van der Waals surface area contributed by atoms with Gasteiger partial charge in [0.25, 0.3) is 0 Å². The third-order valence-electron chi connectivity index (χ3n) is 2.66. The summed E-state index contributed by atoms with van der Waals surface area (Å²) in [6, 6.07) is 4.66. The van der Waals surface area contributed by atoms with Gasteiger partial charge in [-0.1, -0.05) is 12.1 Å². The SMILES string of the molecule is Cc1nc(-c2ccc(C(F)(F)F)cc2)sc1CC(=O)O. The fourth-order valence-corrected chi connectivity index (χ4v) is 2.71. The van der Waals surface area contributed by atoms with E-state index in [2.05, 4.69) is 4.98 Å². The summed E-state index contributed by atoms with van der Waals surface area (Å²) in [5.74, 6) is -0.962. The minimum Gasteiger partial charge on any atom is -0.481 e. The number of rotatable bonds is 3. The van der Waals surface area contributed by atoms with Crippen molar-refractivity contribution < 1.29 is 23.1 Å². The Kier molecular flexibility index (Phi) is 3.80. The first-order valence-corrected chi connectivity index (χ1v) is 6.45. The number of carboxylic acid groups (broad SMARTS) is 1. The smallest absolute Gasteiger partial charge is 0.416 e. The zero-order valence-electron chi connectivity index (χ0n) is 10.4. The Bertz CT molecular complexity index is 632. The summed E-state index contributed by atoms with van der Waals surface area (Å²) in [7, 11) is 0. The van der Waals surface area contributed by atoms with E-state index in [-0.39, 0.29) is 6.42 Å². The number of aliphatic carboxylic acids is 1. The van der Waals surface area contributed by atoms with Crippen molar-refractivity contribution in [2.45, 2.75) is 19.5 Å². The summed E-state index contributed by atoms with van der Waals surface area (Å²) in [6.45, 7) is 1.68. The van der Waals surface area contributed by atoms with E-state index in [9.17, 15) is 18.0 Å². The van der Waals surface area contributed by atoms with Gasteiger partial charge in [-0.25, -0.2) is 4.98 Å². The second-order valence-corrected chi connectivity index (χ2v) is 5.26. The largest absolute Gasteiger partial charge is 0.481 e. The molecule has 0 aliphatic heterocycles. The van der Waals surface area contributed by atoms with Crippen molar-refractivity contribution in [3.05, 3.63) is 40.4 Å². The Balaban J connectivity index is 2.30. The van der Waals surface area contributed by atoms with Gasteiger partial charge in [-0.3, -0.25) is 4.79 Å². The van der Waals surface area contributed by atoms with Crippen molar-refractivity contribution in [2.24, 2.45) is 0 Å². The second-order valence-electron chi connectivity index (χ2n) is 4.17. The molecule has 0 saturated heterocycles. The molecule has 0 saturated carbocycles. The van der Waals surface area contributed by atoms with Crippen LogP contribution in [0.2, 0.25) is 0 Å². The third-order valence-corrected chi connectivity index (χ3v) is 3.87.